The monoisotopic (exact) mass is 567 g/mol. The van der Waals surface area contributed by atoms with Crippen LogP contribution in [0, 0.1) is 19.8 Å². The van der Waals surface area contributed by atoms with Gasteiger partial charge in [0.05, 0.1) is 13.2 Å². The predicted octanol–water partition coefficient (Wildman–Crippen LogP) is 3.43. The van der Waals surface area contributed by atoms with Crippen molar-refractivity contribution in [2.45, 2.75) is 33.2 Å². The number of nitrogens with zero attached hydrogens (tertiary/aromatic N) is 2. The van der Waals surface area contributed by atoms with Crippen LogP contribution in [0.5, 0.6) is 5.75 Å². The second-order valence-electron chi connectivity index (χ2n) is 7.97. The number of amides is 1. The van der Waals surface area contributed by atoms with E-state index in [2.05, 4.69) is 51.0 Å². The van der Waals surface area contributed by atoms with E-state index in [0.717, 1.165) is 42.2 Å². The van der Waals surface area contributed by atoms with Gasteiger partial charge in [0, 0.05) is 50.3 Å². The number of anilines is 1. The smallest absolute Gasteiger partial charge is 0.227 e. The average Bonchev–Trinajstić information content (AvgIpc) is 3.29. The van der Waals surface area contributed by atoms with Gasteiger partial charge in [-0.15, -0.1) is 24.0 Å². The van der Waals surface area contributed by atoms with Gasteiger partial charge in [0.25, 0.3) is 0 Å². The number of carbonyl (C=O) groups is 1. The molecule has 3 N–H and O–H groups in total. The van der Waals surface area contributed by atoms with Crippen molar-refractivity contribution in [2.75, 3.05) is 38.7 Å². The Bertz CT molecular complexity index is 932. The molecule has 3 rings (SSSR count). The Morgan fingerprint density at radius 3 is 2.82 bits per heavy atom. The van der Waals surface area contributed by atoms with Crippen molar-refractivity contribution in [1.29, 1.82) is 0 Å². The summed E-state index contributed by atoms with van der Waals surface area (Å²) in [5, 5.41) is 9.28. The predicted molar refractivity (Wildman–Crippen MR) is 141 cm³/mol. The van der Waals surface area contributed by atoms with Crippen LogP contribution in [0.15, 0.2) is 41.4 Å². The second-order valence-corrected chi connectivity index (χ2v) is 7.97. The first-order valence-electron chi connectivity index (χ1n) is 11.0. The molecule has 2 aromatic rings. The molecule has 1 aromatic heterocycles. The molecule has 0 spiro atoms. The van der Waals surface area contributed by atoms with Gasteiger partial charge in [-0.2, -0.15) is 0 Å². The number of aliphatic imine (C=N–C) groups is 1. The van der Waals surface area contributed by atoms with E-state index in [-0.39, 0.29) is 29.9 Å². The Hall–Kier alpha value is -2.40. The first kappa shape index (κ1) is 26.8. The minimum absolute atomic E-state index is 0. The number of rotatable bonds is 9. The molecule has 1 amide bonds. The standard InChI is InChI=1S/C24H33N5O3.HI/c1-17-7-8-20(21(13-17)32-16-19-10-12-31-15-19)14-27-24(25-3)26-11-9-23(30)29-22-6-4-5-18(2)28-22;/h4-8,13,19H,9-12,14-16H2,1-3H3,(H2,25,26,27)(H,28,29,30);1H. The number of aryl methyl sites for hydroxylation is 2. The van der Waals surface area contributed by atoms with Gasteiger partial charge >= 0.3 is 0 Å². The molecule has 2 heterocycles. The van der Waals surface area contributed by atoms with Crippen LogP contribution in [0.4, 0.5) is 5.82 Å². The van der Waals surface area contributed by atoms with Gasteiger partial charge in [-0.3, -0.25) is 9.79 Å². The van der Waals surface area contributed by atoms with E-state index in [9.17, 15) is 4.79 Å². The quantitative estimate of drug-likeness (QED) is 0.244. The molecule has 1 saturated heterocycles. The number of aromatic nitrogens is 1. The first-order chi connectivity index (χ1) is 15.5. The van der Waals surface area contributed by atoms with Crippen molar-refractivity contribution in [3.63, 3.8) is 0 Å². The van der Waals surface area contributed by atoms with Crippen molar-refractivity contribution in [1.82, 2.24) is 15.6 Å². The Labute approximate surface area is 213 Å². The molecule has 1 aliphatic rings. The number of pyridine rings is 1. The highest BCUT2D eigenvalue weighted by atomic mass is 127. The van der Waals surface area contributed by atoms with Crippen LogP contribution >= 0.6 is 24.0 Å². The molecule has 1 atom stereocenters. The zero-order chi connectivity index (χ0) is 22.8. The van der Waals surface area contributed by atoms with Gasteiger partial charge in [-0.25, -0.2) is 4.98 Å². The number of halogens is 1. The number of hydrogen-bond acceptors (Lipinski definition) is 5. The molecular weight excluding hydrogens is 533 g/mol. The molecule has 1 unspecified atom stereocenters. The highest BCUT2D eigenvalue weighted by Gasteiger charge is 2.17. The fraction of sp³-hybridized carbons (Fsp3) is 0.458. The summed E-state index contributed by atoms with van der Waals surface area (Å²) in [6.45, 7) is 7.21. The summed E-state index contributed by atoms with van der Waals surface area (Å²) in [5.74, 6) is 2.42. The van der Waals surface area contributed by atoms with Crippen molar-refractivity contribution < 1.29 is 14.3 Å². The van der Waals surface area contributed by atoms with Gasteiger partial charge < -0.3 is 25.4 Å². The van der Waals surface area contributed by atoms with E-state index >= 15 is 0 Å². The molecule has 9 heteroatoms. The molecule has 1 aromatic carbocycles. The maximum absolute atomic E-state index is 12.2. The van der Waals surface area contributed by atoms with Crippen molar-refractivity contribution in [3.05, 3.63) is 53.2 Å². The number of hydrogen-bond donors (Lipinski definition) is 3. The van der Waals surface area contributed by atoms with Crippen LogP contribution in [-0.4, -0.2) is 50.3 Å². The van der Waals surface area contributed by atoms with Crippen molar-refractivity contribution in [2.24, 2.45) is 10.9 Å². The largest absolute Gasteiger partial charge is 0.493 e. The highest BCUT2D eigenvalue weighted by Crippen LogP contribution is 2.22. The number of guanidine groups is 1. The van der Waals surface area contributed by atoms with Crippen LogP contribution < -0.4 is 20.7 Å². The van der Waals surface area contributed by atoms with Gasteiger partial charge in [0.2, 0.25) is 5.91 Å². The van der Waals surface area contributed by atoms with E-state index < -0.39 is 0 Å². The molecule has 1 fully saturated rings. The molecule has 0 bridgehead atoms. The third-order valence-corrected chi connectivity index (χ3v) is 5.19. The highest BCUT2D eigenvalue weighted by molar-refractivity contribution is 14.0. The van der Waals surface area contributed by atoms with Crippen LogP contribution in [0.3, 0.4) is 0 Å². The molecule has 0 radical (unpaired) electrons. The van der Waals surface area contributed by atoms with E-state index in [4.69, 9.17) is 9.47 Å². The van der Waals surface area contributed by atoms with Gasteiger partial charge in [-0.05, 0) is 44.0 Å². The topological polar surface area (TPSA) is 96.9 Å². The van der Waals surface area contributed by atoms with Gasteiger partial charge in [0.15, 0.2) is 5.96 Å². The maximum atomic E-state index is 12.2. The number of benzene rings is 1. The van der Waals surface area contributed by atoms with E-state index in [0.29, 0.717) is 43.8 Å². The Morgan fingerprint density at radius 2 is 2.09 bits per heavy atom. The third-order valence-electron chi connectivity index (χ3n) is 5.19. The molecule has 33 heavy (non-hydrogen) atoms. The zero-order valence-electron chi connectivity index (χ0n) is 19.5. The fourth-order valence-electron chi connectivity index (χ4n) is 3.38. The summed E-state index contributed by atoms with van der Waals surface area (Å²) in [6, 6.07) is 11.7. The number of ether oxygens (including phenoxy) is 2. The summed E-state index contributed by atoms with van der Waals surface area (Å²) in [7, 11) is 1.71. The van der Waals surface area contributed by atoms with E-state index in [1.165, 1.54) is 0 Å². The molecule has 0 saturated carbocycles. The van der Waals surface area contributed by atoms with Crippen LogP contribution in [0.2, 0.25) is 0 Å². The fourth-order valence-corrected chi connectivity index (χ4v) is 3.38. The summed E-state index contributed by atoms with van der Waals surface area (Å²) in [6.07, 6.45) is 1.35. The minimum Gasteiger partial charge on any atom is -0.493 e. The summed E-state index contributed by atoms with van der Waals surface area (Å²) in [5.41, 5.74) is 3.07. The minimum atomic E-state index is -0.101. The SMILES string of the molecule is CN=C(NCCC(=O)Nc1cccc(C)n1)NCc1ccc(C)cc1OCC1CCOC1.I. The van der Waals surface area contributed by atoms with Crippen LogP contribution in [0.1, 0.15) is 29.7 Å². The number of nitrogens with one attached hydrogen (secondary N) is 3. The molecule has 8 nitrogen and oxygen atoms in total. The molecule has 0 aliphatic carbocycles. The average molecular weight is 567 g/mol. The molecule has 180 valence electrons. The second kappa shape index (κ2) is 14.0. The van der Waals surface area contributed by atoms with E-state index in [1.54, 1.807) is 13.1 Å². The maximum Gasteiger partial charge on any atom is 0.227 e. The Morgan fingerprint density at radius 1 is 1.24 bits per heavy atom. The van der Waals surface area contributed by atoms with Gasteiger partial charge in [-0.1, -0.05) is 18.2 Å². The van der Waals surface area contributed by atoms with Crippen LogP contribution in [-0.2, 0) is 16.1 Å². The lowest BCUT2D eigenvalue weighted by atomic mass is 10.1. The third kappa shape index (κ3) is 9.17. The summed E-state index contributed by atoms with van der Waals surface area (Å²) < 4.78 is 11.5. The molecule has 1 aliphatic heterocycles. The lowest BCUT2D eigenvalue weighted by Crippen LogP contribution is -2.38. The van der Waals surface area contributed by atoms with Crippen LogP contribution in [0.25, 0.3) is 0 Å². The lowest BCUT2D eigenvalue weighted by molar-refractivity contribution is -0.116. The normalized spacial score (nSPS) is 15.5. The Kier molecular flexibility index (Phi) is 11.4. The summed E-state index contributed by atoms with van der Waals surface area (Å²) >= 11 is 0. The van der Waals surface area contributed by atoms with E-state index in [1.807, 2.05) is 19.1 Å². The summed E-state index contributed by atoms with van der Waals surface area (Å²) in [4.78, 5) is 20.7. The van der Waals surface area contributed by atoms with Gasteiger partial charge in [0.1, 0.15) is 11.6 Å². The zero-order valence-corrected chi connectivity index (χ0v) is 21.8. The lowest BCUT2D eigenvalue weighted by Gasteiger charge is -2.17. The Balaban J connectivity index is 0.00000385. The number of carbonyl (C=O) groups excluding carboxylic acids is 1. The molecular formula is C24H34IN5O3. The first-order valence-corrected chi connectivity index (χ1v) is 11.0. The van der Waals surface area contributed by atoms with Crippen molar-refractivity contribution >= 4 is 41.7 Å². The van der Waals surface area contributed by atoms with Crippen molar-refractivity contribution in [3.8, 4) is 5.75 Å².